The average molecular weight is 496 g/mol. The number of aromatic amines is 1. The third kappa shape index (κ3) is 4.26. The van der Waals surface area contributed by atoms with Crippen molar-refractivity contribution in [1.29, 1.82) is 0 Å². The molecular formula is C28H25N5O2S. The number of nitrogens with one attached hydrogen (secondary N) is 3. The predicted molar refractivity (Wildman–Crippen MR) is 142 cm³/mol. The lowest BCUT2D eigenvalue weighted by atomic mass is 10.1. The Bertz CT molecular complexity index is 1510. The van der Waals surface area contributed by atoms with Gasteiger partial charge in [0.1, 0.15) is 11.9 Å². The molecule has 0 radical (unpaired) electrons. The molecule has 0 bridgehead atoms. The van der Waals surface area contributed by atoms with E-state index < -0.39 is 6.23 Å². The minimum Gasteiger partial charge on any atom is -0.374 e. The number of rotatable bonds is 8. The van der Waals surface area contributed by atoms with E-state index in [1.807, 2.05) is 89.3 Å². The number of aromatic nitrogens is 2. The van der Waals surface area contributed by atoms with E-state index in [1.165, 1.54) is 11.3 Å². The Hall–Kier alpha value is -3.98. The van der Waals surface area contributed by atoms with E-state index >= 15 is 0 Å². The van der Waals surface area contributed by atoms with Crippen LogP contribution in [-0.4, -0.2) is 32.4 Å². The Labute approximate surface area is 212 Å². The van der Waals surface area contributed by atoms with Gasteiger partial charge in [0.2, 0.25) is 0 Å². The van der Waals surface area contributed by atoms with Crippen LogP contribution in [0.15, 0.2) is 90.6 Å². The maximum Gasteiger partial charge on any atom is 0.254 e. The van der Waals surface area contributed by atoms with Gasteiger partial charge in [-0.3, -0.25) is 10.1 Å². The lowest BCUT2D eigenvalue weighted by Crippen LogP contribution is -2.37. The van der Waals surface area contributed by atoms with Gasteiger partial charge in [-0.15, -0.1) is 11.3 Å². The van der Waals surface area contributed by atoms with Crippen molar-refractivity contribution in [2.45, 2.75) is 18.8 Å². The molecule has 180 valence electrons. The first-order valence-electron chi connectivity index (χ1n) is 11.8. The van der Waals surface area contributed by atoms with Gasteiger partial charge in [0, 0.05) is 42.0 Å². The van der Waals surface area contributed by atoms with Crippen molar-refractivity contribution in [3.05, 3.63) is 113 Å². The molecule has 6 rings (SSSR count). The fourth-order valence-electron chi connectivity index (χ4n) is 4.73. The van der Waals surface area contributed by atoms with Crippen LogP contribution in [0, 0.1) is 0 Å². The maximum atomic E-state index is 13.0. The van der Waals surface area contributed by atoms with E-state index in [4.69, 9.17) is 0 Å². The highest BCUT2D eigenvalue weighted by Gasteiger charge is 2.30. The Balaban J connectivity index is 1.24. The van der Waals surface area contributed by atoms with Gasteiger partial charge < -0.3 is 20.3 Å². The van der Waals surface area contributed by atoms with Crippen molar-refractivity contribution < 1.29 is 9.90 Å². The van der Waals surface area contributed by atoms with Crippen LogP contribution in [0.1, 0.15) is 39.3 Å². The van der Waals surface area contributed by atoms with Gasteiger partial charge >= 0.3 is 0 Å². The number of hydrogen-bond donors (Lipinski definition) is 4. The quantitative estimate of drug-likeness (QED) is 0.218. The summed E-state index contributed by atoms with van der Waals surface area (Å²) in [5.74, 6) is 0.0221. The average Bonchev–Trinajstić information content (AvgIpc) is 3.64. The normalized spacial score (nSPS) is 14.7. The standard InChI is InChI=1S/C28H25N5O2S/c34-26(22-12-15-36-27(22)32-23-11-14-30-25-21(23)10-13-29-25)31-24(18-6-2-1-3-7-18)17-33-16-19-8-4-5-9-20(19)28(33)35/h1-15,24,26,31,34H,16-17H2,(H2,29,30,32)/t24-,26?/m1/s1. The Morgan fingerprint density at radius 1 is 1.06 bits per heavy atom. The summed E-state index contributed by atoms with van der Waals surface area (Å²) in [6.45, 7) is 1.01. The largest absolute Gasteiger partial charge is 0.374 e. The molecule has 8 heteroatoms. The molecule has 1 amide bonds. The van der Waals surface area contributed by atoms with E-state index in [2.05, 4.69) is 20.6 Å². The van der Waals surface area contributed by atoms with Crippen LogP contribution in [0.3, 0.4) is 0 Å². The summed E-state index contributed by atoms with van der Waals surface area (Å²) >= 11 is 1.53. The molecule has 1 unspecified atom stereocenters. The number of nitrogens with zero attached hydrogens (tertiary/aromatic N) is 2. The van der Waals surface area contributed by atoms with Crippen LogP contribution in [0.25, 0.3) is 11.0 Å². The van der Waals surface area contributed by atoms with Crippen LogP contribution in [0.5, 0.6) is 0 Å². The maximum absolute atomic E-state index is 13.0. The van der Waals surface area contributed by atoms with Gasteiger partial charge in [-0.1, -0.05) is 48.5 Å². The van der Waals surface area contributed by atoms with E-state index in [0.29, 0.717) is 13.1 Å². The van der Waals surface area contributed by atoms with Crippen molar-refractivity contribution in [3.8, 4) is 0 Å². The summed E-state index contributed by atoms with van der Waals surface area (Å²) in [4.78, 5) is 22.4. The second-order valence-corrected chi connectivity index (χ2v) is 9.72. The summed E-state index contributed by atoms with van der Waals surface area (Å²) in [7, 11) is 0. The molecule has 2 atom stereocenters. The van der Waals surface area contributed by atoms with Gasteiger partial charge in [-0.2, -0.15) is 0 Å². The van der Waals surface area contributed by atoms with Crippen LogP contribution in [-0.2, 0) is 6.54 Å². The number of carbonyl (C=O) groups excluding carboxylic acids is 1. The summed E-state index contributed by atoms with van der Waals surface area (Å²) in [5, 5.41) is 21.9. The molecule has 0 fully saturated rings. The number of amides is 1. The third-order valence-electron chi connectivity index (χ3n) is 6.56. The first kappa shape index (κ1) is 22.5. The number of aliphatic hydroxyl groups is 1. The first-order chi connectivity index (χ1) is 17.7. The molecule has 1 aliphatic heterocycles. The highest BCUT2D eigenvalue weighted by Crippen LogP contribution is 2.34. The molecule has 0 saturated carbocycles. The van der Waals surface area contributed by atoms with Gasteiger partial charge in [0.25, 0.3) is 5.91 Å². The molecule has 2 aromatic carbocycles. The summed E-state index contributed by atoms with van der Waals surface area (Å²) in [5.41, 5.74) is 5.26. The first-order valence-corrected chi connectivity index (χ1v) is 12.7. The van der Waals surface area contributed by atoms with Crippen LogP contribution >= 0.6 is 11.3 Å². The molecule has 1 aliphatic rings. The van der Waals surface area contributed by atoms with E-state index in [9.17, 15) is 9.90 Å². The van der Waals surface area contributed by atoms with Crippen molar-refractivity contribution in [1.82, 2.24) is 20.2 Å². The number of fused-ring (bicyclic) bond motifs is 2. The highest BCUT2D eigenvalue weighted by molar-refractivity contribution is 7.14. The van der Waals surface area contributed by atoms with Crippen molar-refractivity contribution >= 4 is 39.0 Å². The summed E-state index contributed by atoms with van der Waals surface area (Å²) < 4.78 is 0. The number of carbonyl (C=O) groups is 1. The number of anilines is 2. The molecule has 0 spiro atoms. The monoisotopic (exact) mass is 495 g/mol. The smallest absolute Gasteiger partial charge is 0.254 e. The van der Waals surface area contributed by atoms with E-state index in [1.54, 1.807) is 6.20 Å². The van der Waals surface area contributed by atoms with Crippen LogP contribution in [0.4, 0.5) is 10.7 Å². The summed E-state index contributed by atoms with van der Waals surface area (Å²) in [6, 6.07) is 23.2. The Morgan fingerprint density at radius 3 is 2.75 bits per heavy atom. The van der Waals surface area contributed by atoms with Gasteiger partial charge in [0.05, 0.1) is 16.7 Å². The lowest BCUT2D eigenvalue weighted by Gasteiger charge is -2.28. The van der Waals surface area contributed by atoms with Gasteiger partial charge in [0.15, 0.2) is 0 Å². The SMILES string of the molecule is O=C1c2ccccc2CN1C[C@@H](NC(O)c1ccsc1Nc1ccnc2[nH]ccc12)c1ccccc1. The zero-order valence-electron chi connectivity index (χ0n) is 19.4. The number of hydrogen-bond acceptors (Lipinski definition) is 6. The van der Waals surface area contributed by atoms with Crippen LogP contribution in [0.2, 0.25) is 0 Å². The zero-order chi connectivity index (χ0) is 24.5. The number of pyridine rings is 1. The van der Waals surface area contributed by atoms with E-state index in [-0.39, 0.29) is 11.9 Å². The molecular weight excluding hydrogens is 470 g/mol. The number of benzene rings is 2. The Morgan fingerprint density at radius 2 is 1.89 bits per heavy atom. The Kier molecular flexibility index (Phi) is 5.98. The molecule has 4 N–H and O–H groups in total. The molecule has 3 aromatic heterocycles. The number of aliphatic hydroxyl groups excluding tert-OH is 1. The van der Waals surface area contributed by atoms with Gasteiger partial charge in [-0.05, 0) is 40.8 Å². The van der Waals surface area contributed by atoms with E-state index in [0.717, 1.165) is 44.0 Å². The molecule has 4 heterocycles. The lowest BCUT2D eigenvalue weighted by molar-refractivity contribution is 0.0714. The minimum absolute atomic E-state index is 0.0221. The zero-order valence-corrected chi connectivity index (χ0v) is 20.2. The third-order valence-corrected chi connectivity index (χ3v) is 7.40. The number of thiophene rings is 1. The predicted octanol–water partition coefficient (Wildman–Crippen LogP) is 5.35. The highest BCUT2D eigenvalue weighted by atomic mass is 32.1. The second-order valence-electron chi connectivity index (χ2n) is 8.80. The van der Waals surface area contributed by atoms with Crippen molar-refractivity contribution in [2.24, 2.45) is 0 Å². The minimum atomic E-state index is -0.937. The van der Waals surface area contributed by atoms with Crippen LogP contribution < -0.4 is 10.6 Å². The number of H-pyrrole nitrogens is 1. The van der Waals surface area contributed by atoms with Crippen molar-refractivity contribution in [2.75, 3.05) is 11.9 Å². The summed E-state index contributed by atoms with van der Waals surface area (Å²) in [6.07, 6.45) is 2.67. The molecule has 0 saturated heterocycles. The van der Waals surface area contributed by atoms with Crippen molar-refractivity contribution in [3.63, 3.8) is 0 Å². The topological polar surface area (TPSA) is 93.3 Å². The second kappa shape index (κ2) is 9.58. The fourth-order valence-corrected chi connectivity index (χ4v) is 5.57. The molecule has 36 heavy (non-hydrogen) atoms. The van der Waals surface area contributed by atoms with Gasteiger partial charge in [-0.25, -0.2) is 4.98 Å². The molecule has 7 nitrogen and oxygen atoms in total. The molecule has 5 aromatic rings. The fraction of sp³-hybridized carbons (Fsp3) is 0.143. The molecule has 0 aliphatic carbocycles.